The van der Waals surface area contributed by atoms with Crippen LogP contribution in [0.3, 0.4) is 0 Å². The number of aliphatic carboxylic acids is 1. The van der Waals surface area contributed by atoms with Crippen LogP contribution in [-0.2, 0) is 25.6 Å². The number of aromatic hydroxyl groups is 1. The number of nitrogens with one attached hydrogen (secondary N) is 3. The Labute approximate surface area is 172 Å². The molecule has 0 aliphatic heterocycles. The van der Waals surface area contributed by atoms with Crippen LogP contribution in [0, 0.1) is 0 Å². The van der Waals surface area contributed by atoms with Gasteiger partial charge in [-0.3, -0.25) is 14.4 Å². The summed E-state index contributed by atoms with van der Waals surface area (Å²) in [4.78, 5) is 47.0. The molecule has 0 unspecified atom stereocenters. The molecule has 3 amide bonds. The number of phenolic OH excluding ortho intramolecular Hbond substituents is 1. The van der Waals surface area contributed by atoms with Gasteiger partial charge < -0.3 is 42.1 Å². The fraction of sp³-hybridized carbons (Fsp3) is 0.444. The molecule has 0 aliphatic rings. The predicted molar refractivity (Wildman–Crippen MR) is 103 cm³/mol. The summed E-state index contributed by atoms with van der Waals surface area (Å²) in [6, 6.07) is 2.00. The number of benzene rings is 1. The number of aliphatic hydroxyl groups excluding tert-OH is 2. The highest BCUT2D eigenvalue weighted by Gasteiger charge is 2.29. The summed E-state index contributed by atoms with van der Waals surface area (Å²) in [5.41, 5.74) is 6.48. The average Bonchev–Trinajstić information content (AvgIpc) is 2.69. The van der Waals surface area contributed by atoms with Crippen LogP contribution in [-0.4, -0.2) is 81.5 Å². The van der Waals surface area contributed by atoms with Crippen molar-refractivity contribution in [3.05, 3.63) is 29.8 Å². The van der Waals surface area contributed by atoms with Gasteiger partial charge in [0.15, 0.2) is 0 Å². The first-order chi connectivity index (χ1) is 14.0. The van der Waals surface area contributed by atoms with Crippen molar-refractivity contribution < 1.29 is 39.6 Å². The molecule has 0 spiro atoms. The number of carboxylic acid groups (broad SMARTS) is 1. The number of rotatable bonds is 11. The van der Waals surface area contributed by atoms with Crippen molar-refractivity contribution >= 4 is 23.7 Å². The predicted octanol–water partition coefficient (Wildman–Crippen LogP) is -3.19. The van der Waals surface area contributed by atoms with Gasteiger partial charge in [0.1, 0.15) is 17.8 Å². The molecule has 30 heavy (non-hydrogen) atoms. The van der Waals surface area contributed by atoms with Crippen LogP contribution in [0.15, 0.2) is 24.3 Å². The molecule has 9 N–H and O–H groups in total. The lowest BCUT2D eigenvalue weighted by molar-refractivity contribution is -0.144. The third-order valence-corrected chi connectivity index (χ3v) is 4.03. The minimum atomic E-state index is -1.60. The number of carboxylic acids is 1. The van der Waals surface area contributed by atoms with Crippen LogP contribution in [0.25, 0.3) is 0 Å². The Morgan fingerprint density at radius 2 is 1.67 bits per heavy atom. The molecule has 166 valence electrons. The second-order valence-corrected chi connectivity index (χ2v) is 6.56. The van der Waals surface area contributed by atoms with Crippen LogP contribution in [0.5, 0.6) is 5.75 Å². The molecule has 0 saturated heterocycles. The van der Waals surface area contributed by atoms with Crippen molar-refractivity contribution in [2.24, 2.45) is 5.73 Å². The van der Waals surface area contributed by atoms with E-state index < -0.39 is 61.1 Å². The lowest BCUT2D eigenvalue weighted by Crippen LogP contribution is -2.57. The van der Waals surface area contributed by atoms with E-state index >= 15 is 0 Å². The third kappa shape index (κ3) is 8.03. The maximum absolute atomic E-state index is 12.1. The molecular weight excluding hydrogens is 400 g/mol. The van der Waals surface area contributed by atoms with E-state index in [2.05, 4.69) is 10.6 Å². The number of carbonyl (C=O) groups excluding carboxylic acids is 3. The largest absolute Gasteiger partial charge is 0.508 e. The molecule has 12 nitrogen and oxygen atoms in total. The third-order valence-electron chi connectivity index (χ3n) is 4.03. The standard InChI is InChI=1S/C18H26N4O8/c1-9(24)15(17(28)21-13(8-23)18(29)30)22-14(26)7-20-16(27)12(19)6-10-2-4-11(25)5-3-10/h2-5,9,12-13,15,23-25H,6-8,19H2,1H3,(H,20,27)(H,21,28)(H,22,26)(H,29,30)/t9-,12+,13+,15+/m1/s1. The van der Waals surface area contributed by atoms with Crippen LogP contribution in [0.4, 0.5) is 0 Å². The SMILES string of the molecule is C[C@@H](O)[C@H](NC(=O)CNC(=O)[C@@H](N)Cc1ccc(O)cc1)C(=O)N[C@@H](CO)C(=O)O. The van der Waals surface area contributed by atoms with Gasteiger partial charge in [0, 0.05) is 0 Å². The van der Waals surface area contributed by atoms with Gasteiger partial charge in [-0.25, -0.2) is 4.79 Å². The monoisotopic (exact) mass is 426 g/mol. The van der Waals surface area contributed by atoms with Crippen molar-refractivity contribution in [3.63, 3.8) is 0 Å². The van der Waals surface area contributed by atoms with Crippen LogP contribution in [0.1, 0.15) is 12.5 Å². The molecule has 12 heteroatoms. The van der Waals surface area contributed by atoms with Crippen molar-refractivity contribution in [3.8, 4) is 5.75 Å². The summed E-state index contributed by atoms with van der Waals surface area (Å²) < 4.78 is 0. The van der Waals surface area contributed by atoms with Gasteiger partial charge in [0.25, 0.3) is 0 Å². The fourth-order valence-electron chi connectivity index (χ4n) is 2.35. The lowest BCUT2D eigenvalue weighted by atomic mass is 10.1. The number of hydrogen-bond acceptors (Lipinski definition) is 8. The first kappa shape index (κ1) is 24.8. The van der Waals surface area contributed by atoms with Crippen LogP contribution < -0.4 is 21.7 Å². The number of nitrogens with two attached hydrogens (primary N) is 1. The Morgan fingerprint density at radius 3 is 2.17 bits per heavy atom. The zero-order valence-corrected chi connectivity index (χ0v) is 16.2. The minimum Gasteiger partial charge on any atom is -0.508 e. The van der Waals surface area contributed by atoms with E-state index in [9.17, 15) is 29.4 Å². The van der Waals surface area contributed by atoms with Crippen molar-refractivity contribution in [2.75, 3.05) is 13.2 Å². The summed E-state index contributed by atoms with van der Waals surface area (Å²) in [5.74, 6) is -3.90. The van der Waals surface area contributed by atoms with Gasteiger partial charge in [-0.1, -0.05) is 12.1 Å². The van der Waals surface area contributed by atoms with E-state index in [-0.39, 0.29) is 12.2 Å². The Morgan fingerprint density at radius 1 is 1.07 bits per heavy atom. The smallest absolute Gasteiger partial charge is 0.328 e. The van der Waals surface area contributed by atoms with E-state index in [1.807, 2.05) is 5.32 Å². The number of aliphatic hydroxyl groups is 2. The average molecular weight is 426 g/mol. The van der Waals surface area contributed by atoms with Crippen molar-refractivity contribution in [1.82, 2.24) is 16.0 Å². The zero-order valence-electron chi connectivity index (χ0n) is 16.2. The molecule has 0 saturated carbocycles. The van der Waals surface area contributed by atoms with Crippen LogP contribution in [0.2, 0.25) is 0 Å². The molecular formula is C18H26N4O8. The molecule has 0 aromatic heterocycles. The Hall–Kier alpha value is -3.22. The second-order valence-electron chi connectivity index (χ2n) is 6.56. The van der Waals surface area contributed by atoms with E-state index in [0.29, 0.717) is 5.56 Å². The van der Waals surface area contributed by atoms with Crippen molar-refractivity contribution in [2.45, 2.75) is 37.6 Å². The molecule has 0 radical (unpaired) electrons. The van der Waals surface area contributed by atoms with E-state index in [4.69, 9.17) is 15.9 Å². The van der Waals surface area contributed by atoms with Gasteiger partial charge in [-0.05, 0) is 31.0 Å². The van der Waals surface area contributed by atoms with E-state index in [1.165, 1.54) is 19.1 Å². The second kappa shape index (κ2) is 11.7. The van der Waals surface area contributed by atoms with Gasteiger partial charge in [-0.15, -0.1) is 0 Å². The maximum Gasteiger partial charge on any atom is 0.328 e. The quantitative estimate of drug-likeness (QED) is 0.179. The van der Waals surface area contributed by atoms with Gasteiger partial charge >= 0.3 is 5.97 Å². The molecule has 0 heterocycles. The lowest BCUT2D eigenvalue weighted by Gasteiger charge is -2.23. The fourth-order valence-corrected chi connectivity index (χ4v) is 2.35. The Kier molecular flexibility index (Phi) is 9.68. The highest BCUT2D eigenvalue weighted by atomic mass is 16.4. The molecule has 1 aromatic carbocycles. The molecule has 4 atom stereocenters. The van der Waals surface area contributed by atoms with Gasteiger partial charge in [-0.2, -0.15) is 0 Å². The summed E-state index contributed by atoms with van der Waals surface area (Å²) in [6.07, 6.45) is -1.22. The normalized spacial score (nSPS) is 14.7. The van der Waals surface area contributed by atoms with Crippen molar-refractivity contribution in [1.29, 1.82) is 0 Å². The van der Waals surface area contributed by atoms with Crippen LogP contribution >= 0.6 is 0 Å². The van der Waals surface area contributed by atoms with Gasteiger partial charge in [0.2, 0.25) is 17.7 Å². The Bertz CT molecular complexity index is 753. The molecule has 0 bridgehead atoms. The number of amides is 3. The number of phenols is 1. The first-order valence-electron chi connectivity index (χ1n) is 8.97. The summed E-state index contributed by atoms with van der Waals surface area (Å²) >= 11 is 0. The minimum absolute atomic E-state index is 0.0683. The zero-order chi connectivity index (χ0) is 22.8. The summed E-state index contributed by atoms with van der Waals surface area (Å²) in [5, 5.41) is 43.2. The molecule has 1 aromatic rings. The highest BCUT2D eigenvalue weighted by Crippen LogP contribution is 2.10. The molecule has 1 rings (SSSR count). The van der Waals surface area contributed by atoms with Gasteiger partial charge in [0.05, 0.1) is 25.3 Å². The highest BCUT2D eigenvalue weighted by molar-refractivity contribution is 5.92. The maximum atomic E-state index is 12.1. The number of hydrogen-bond donors (Lipinski definition) is 8. The van der Waals surface area contributed by atoms with E-state index in [1.54, 1.807) is 12.1 Å². The first-order valence-corrected chi connectivity index (χ1v) is 8.97. The Balaban J connectivity index is 2.56. The topological polar surface area (TPSA) is 211 Å². The summed E-state index contributed by atoms with van der Waals surface area (Å²) in [7, 11) is 0. The number of carbonyl (C=O) groups is 4. The summed E-state index contributed by atoms with van der Waals surface area (Å²) in [6.45, 7) is -0.219. The molecule has 0 fully saturated rings. The molecule has 0 aliphatic carbocycles. The van der Waals surface area contributed by atoms with E-state index in [0.717, 1.165) is 0 Å².